The van der Waals surface area contributed by atoms with Gasteiger partial charge in [0.05, 0.1) is 19.8 Å². The molecule has 2 aromatic carbocycles. The van der Waals surface area contributed by atoms with Crippen molar-refractivity contribution in [3.63, 3.8) is 0 Å². The second kappa shape index (κ2) is 6.79. The van der Waals surface area contributed by atoms with Gasteiger partial charge >= 0.3 is 0 Å². The van der Waals surface area contributed by atoms with Crippen molar-refractivity contribution in [3.05, 3.63) is 59.7 Å². The Morgan fingerprint density at radius 3 is 1.70 bits per heavy atom. The van der Waals surface area contributed by atoms with Gasteiger partial charge in [-0.1, -0.05) is 24.3 Å². The van der Waals surface area contributed by atoms with Crippen LogP contribution in [0.2, 0.25) is 0 Å². The van der Waals surface area contributed by atoms with Crippen LogP contribution in [0.1, 0.15) is 25.0 Å². The van der Waals surface area contributed by atoms with Crippen LogP contribution >= 0.6 is 11.8 Å². The van der Waals surface area contributed by atoms with E-state index >= 15 is 0 Å². The molecule has 0 radical (unpaired) electrons. The van der Waals surface area contributed by atoms with Crippen molar-refractivity contribution < 1.29 is 14.6 Å². The lowest BCUT2D eigenvalue weighted by Crippen LogP contribution is -2.54. The molecule has 0 aromatic heterocycles. The fourth-order valence-corrected chi connectivity index (χ4v) is 2.79. The van der Waals surface area contributed by atoms with Gasteiger partial charge in [-0.3, -0.25) is 0 Å². The van der Waals surface area contributed by atoms with Gasteiger partial charge < -0.3 is 14.6 Å². The molecule has 0 amide bonds. The SMILES string of the molecule is COc1cccc(C(O)(c2cccc(OC)c2)C(C)(C)NCl)c1. The van der Waals surface area contributed by atoms with Gasteiger partial charge in [-0.15, -0.1) is 0 Å². The summed E-state index contributed by atoms with van der Waals surface area (Å²) in [6, 6.07) is 14.6. The van der Waals surface area contributed by atoms with Crippen molar-refractivity contribution in [2.75, 3.05) is 14.2 Å². The van der Waals surface area contributed by atoms with Crippen LogP contribution < -0.4 is 14.3 Å². The van der Waals surface area contributed by atoms with Crippen LogP contribution in [0.25, 0.3) is 0 Å². The summed E-state index contributed by atoms with van der Waals surface area (Å²) in [5.74, 6) is 1.32. The standard InChI is InChI=1S/C18H22ClNO3/c1-17(2,20-19)18(21,13-7-5-9-15(11-13)22-3)14-8-6-10-16(12-14)23-4/h5-12,20-21H,1-4H3. The summed E-state index contributed by atoms with van der Waals surface area (Å²) in [4.78, 5) is 2.69. The van der Waals surface area contributed by atoms with E-state index in [4.69, 9.17) is 21.3 Å². The lowest BCUT2D eigenvalue weighted by molar-refractivity contribution is 0.00499. The number of halogens is 1. The topological polar surface area (TPSA) is 50.7 Å². The normalized spacial score (nSPS) is 12.1. The first kappa shape index (κ1) is 17.6. The zero-order chi connectivity index (χ0) is 17.1. The van der Waals surface area contributed by atoms with Crippen molar-refractivity contribution in [2.45, 2.75) is 25.0 Å². The van der Waals surface area contributed by atoms with Crippen LogP contribution in [-0.2, 0) is 5.60 Å². The van der Waals surface area contributed by atoms with E-state index < -0.39 is 11.1 Å². The van der Waals surface area contributed by atoms with Crippen LogP contribution in [-0.4, -0.2) is 24.9 Å². The molecule has 4 nitrogen and oxygen atoms in total. The third-order valence-electron chi connectivity index (χ3n) is 4.12. The van der Waals surface area contributed by atoms with Gasteiger partial charge in [-0.25, -0.2) is 4.84 Å². The molecular formula is C18H22ClNO3. The molecule has 0 aliphatic rings. The predicted molar refractivity (Wildman–Crippen MR) is 92.1 cm³/mol. The van der Waals surface area contributed by atoms with E-state index in [0.29, 0.717) is 22.6 Å². The third kappa shape index (κ3) is 3.15. The first-order valence-electron chi connectivity index (χ1n) is 7.28. The van der Waals surface area contributed by atoms with Crippen LogP contribution in [0.15, 0.2) is 48.5 Å². The van der Waals surface area contributed by atoms with Crippen molar-refractivity contribution in [2.24, 2.45) is 0 Å². The fraction of sp³-hybridized carbons (Fsp3) is 0.333. The van der Waals surface area contributed by atoms with Gasteiger partial charge in [0.25, 0.3) is 0 Å². The molecule has 0 bridgehead atoms. The van der Waals surface area contributed by atoms with Gasteiger partial charge in [0.1, 0.15) is 17.1 Å². The summed E-state index contributed by atoms with van der Waals surface area (Å²) in [5.41, 5.74) is -0.906. The molecule has 0 unspecified atom stereocenters. The second-order valence-electron chi connectivity index (χ2n) is 5.89. The van der Waals surface area contributed by atoms with Crippen LogP contribution in [0.4, 0.5) is 0 Å². The Morgan fingerprint density at radius 1 is 0.913 bits per heavy atom. The molecule has 2 N–H and O–H groups in total. The summed E-state index contributed by atoms with van der Waals surface area (Å²) in [6.07, 6.45) is 0. The maximum atomic E-state index is 11.7. The highest BCUT2D eigenvalue weighted by Gasteiger charge is 2.46. The first-order chi connectivity index (χ1) is 10.9. The Balaban J connectivity index is 2.69. The summed E-state index contributed by atoms with van der Waals surface area (Å²) >= 11 is 5.95. The molecule has 2 rings (SSSR count). The number of ether oxygens (including phenoxy) is 2. The van der Waals surface area contributed by atoms with E-state index in [1.165, 1.54) is 0 Å². The van der Waals surface area contributed by atoms with Crippen molar-refractivity contribution in [1.29, 1.82) is 0 Å². The second-order valence-corrected chi connectivity index (χ2v) is 6.08. The Bertz CT molecular complexity index is 625. The molecule has 23 heavy (non-hydrogen) atoms. The lowest BCUT2D eigenvalue weighted by Gasteiger charge is -2.42. The summed E-state index contributed by atoms with van der Waals surface area (Å²) in [7, 11) is 3.18. The zero-order valence-corrected chi connectivity index (χ0v) is 14.5. The summed E-state index contributed by atoms with van der Waals surface area (Å²) < 4.78 is 10.6. The van der Waals surface area contributed by atoms with Crippen molar-refractivity contribution >= 4 is 11.8 Å². The number of rotatable bonds is 6. The Labute approximate surface area is 142 Å². The smallest absolute Gasteiger partial charge is 0.134 e. The molecular weight excluding hydrogens is 314 g/mol. The van der Waals surface area contributed by atoms with Gasteiger partial charge in [-0.2, -0.15) is 0 Å². The maximum absolute atomic E-state index is 11.7. The molecule has 0 saturated carbocycles. The first-order valence-corrected chi connectivity index (χ1v) is 7.66. The van der Waals surface area contributed by atoms with E-state index in [1.54, 1.807) is 26.4 Å². The zero-order valence-electron chi connectivity index (χ0n) is 13.8. The highest BCUT2D eigenvalue weighted by Crippen LogP contribution is 2.41. The molecule has 124 valence electrons. The Kier molecular flexibility index (Phi) is 5.19. The minimum Gasteiger partial charge on any atom is -0.497 e. The molecule has 0 fully saturated rings. The number of aliphatic hydroxyl groups is 1. The maximum Gasteiger partial charge on any atom is 0.134 e. The average Bonchev–Trinajstić information content (AvgIpc) is 2.60. The number of methoxy groups -OCH3 is 2. The monoisotopic (exact) mass is 335 g/mol. The van der Waals surface area contributed by atoms with Crippen molar-refractivity contribution in [1.82, 2.24) is 4.84 Å². The predicted octanol–water partition coefficient (Wildman–Crippen LogP) is 3.46. The van der Waals surface area contributed by atoms with E-state index in [0.717, 1.165) is 0 Å². The van der Waals surface area contributed by atoms with Crippen LogP contribution in [0.5, 0.6) is 11.5 Å². The van der Waals surface area contributed by atoms with Crippen molar-refractivity contribution in [3.8, 4) is 11.5 Å². The number of hydrogen-bond donors (Lipinski definition) is 2. The minimum absolute atomic E-state index is 0.661. The number of hydrogen-bond acceptors (Lipinski definition) is 4. The van der Waals surface area contributed by atoms with Crippen LogP contribution in [0, 0.1) is 0 Å². The number of nitrogens with one attached hydrogen (secondary N) is 1. The van der Waals surface area contributed by atoms with Gasteiger partial charge in [0.15, 0.2) is 0 Å². The molecule has 0 atom stereocenters. The molecule has 5 heteroatoms. The Hall–Kier alpha value is -1.75. The molecule has 0 heterocycles. The molecule has 0 spiro atoms. The molecule has 2 aromatic rings. The molecule has 0 aliphatic heterocycles. The Morgan fingerprint density at radius 2 is 1.35 bits per heavy atom. The molecule has 0 saturated heterocycles. The third-order valence-corrected chi connectivity index (χ3v) is 4.59. The summed E-state index contributed by atoms with van der Waals surface area (Å²) in [5, 5.41) is 11.7. The largest absolute Gasteiger partial charge is 0.497 e. The highest BCUT2D eigenvalue weighted by atomic mass is 35.5. The van der Waals surface area contributed by atoms with Gasteiger partial charge in [0, 0.05) is 0 Å². The highest BCUT2D eigenvalue weighted by molar-refractivity contribution is 6.14. The molecule has 0 aliphatic carbocycles. The van der Waals surface area contributed by atoms with Crippen LogP contribution in [0.3, 0.4) is 0 Å². The average molecular weight is 336 g/mol. The van der Waals surface area contributed by atoms with E-state index in [1.807, 2.05) is 50.2 Å². The quantitative estimate of drug-likeness (QED) is 0.794. The number of benzene rings is 2. The van der Waals surface area contributed by atoms with E-state index in [9.17, 15) is 5.11 Å². The minimum atomic E-state index is -1.39. The summed E-state index contributed by atoms with van der Waals surface area (Å²) in [6.45, 7) is 3.66. The fourth-order valence-electron chi connectivity index (χ4n) is 2.65. The lowest BCUT2D eigenvalue weighted by atomic mass is 9.73. The van der Waals surface area contributed by atoms with E-state index in [-0.39, 0.29) is 0 Å². The van der Waals surface area contributed by atoms with E-state index in [2.05, 4.69) is 4.84 Å². The van der Waals surface area contributed by atoms with Gasteiger partial charge in [-0.05, 0) is 61.0 Å². The van der Waals surface area contributed by atoms with Gasteiger partial charge in [0.2, 0.25) is 0 Å².